The highest BCUT2D eigenvalue weighted by Crippen LogP contribution is 2.38. The number of halogens is 2. The molecule has 6 aromatic carbocycles. The number of methoxy groups -OCH3 is 2. The largest absolute Gasteiger partial charge is 0.497 e. The van der Waals surface area contributed by atoms with Crippen molar-refractivity contribution in [3.8, 4) is 79.6 Å². The van der Waals surface area contributed by atoms with E-state index in [1.807, 2.05) is 158 Å². The van der Waals surface area contributed by atoms with E-state index in [1.165, 1.54) is 0 Å². The van der Waals surface area contributed by atoms with Crippen LogP contribution in [0.5, 0.6) is 11.5 Å². The number of oxazole rings is 2. The maximum Gasteiger partial charge on any atom is 0.227 e. The summed E-state index contributed by atoms with van der Waals surface area (Å²) in [4.78, 5) is 9.53. The zero-order chi connectivity index (χ0) is 35.9. The third-order valence-corrected chi connectivity index (χ3v) is 8.74. The zero-order valence-corrected chi connectivity index (χ0v) is 29.8. The molecule has 0 aliphatic heterocycles. The summed E-state index contributed by atoms with van der Waals surface area (Å²) in [6.45, 7) is 0. The van der Waals surface area contributed by atoms with Crippen LogP contribution in [0.1, 0.15) is 0 Å². The van der Waals surface area contributed by atoms with Gasteiger partial charge in [0.1, 0.15) is 22.9 Å². The van der Waals surface area contributed by atoms with Crippen LogP contribution in [-0.2, 0) is 0 Å². The number of hydrogen-bond acceptors (Lipinski definition) is 6. The van der Waals surface area contributed by atoms with Gasteiger partial charge >= 0.3 is 0 Å². The molecule has 8 aromatic rings. The normalized spacial score (nSPS) is 10.7. The Hall–Kier alpha value is -6.08. The minimum absolute atomic E-state index is 0.585. The number of ether oxygens (including phenoxy) is 2. The molecule has 0 aliphatic rings. The van der Waals surface area contributed by atoms with Gasteiger partial charge < -0.3 is 18.3 Å². The maximum absolute atomic E-state index is 6.15. The first-order valence-electron chi connectivity index (χ1n) is 16.4. The second kappa shape index (κ2) is 15.9. The van der Waals surface area contributed by atoms with E-state index in [0.717, 1.165) is 56.3 Å². The fourth-order valence-electron chi connectivity index (χ4n) is 5.53. The van der Waals surface area contributed by atoms with E-state index in [4.69, 9.17) is 51.5 Å². The Morgan fingerprint density at radius 3 is 1.04 bits per heavy atom. The summed E-state index contributed by atoms with van der Waals surface area (Å²) >= 11 is 12.1. The highest BCUT2D eigenvalue weighted by molar-refractivity contribution is 6.31. The summed E-state index contributed by atoms with van der Waals surface area (Å²) in [5.74, 6) is 4.20. The minimum atomic E-state index is 0.585. The lowest BCUT2D eigenvalue weighted by Gasteiger charge is -2.03. The molecule has 256 valence electrons. The van der Waals surface area contributed by atoms with Crippen molar-refractivity contribution in [3.05, 3.63) is 168 Å². The van der Waals surface area contributed by atoms with Crippen LogP contribution < -0.4 is 9.47 Å². The molecule has 2 aromatic heterocycles. The van der Waals surface area contributed by atoms with E-state index in [-0.39, 0.29) is 0 Å². The molecule has 0 saturated carbocycles. The molecule has 0 unspecified atom stereocenters. The van der Waals surface area contributed by atoms with Gasteiger partial charge in [0.15, 0.2) is 11.5 Å². The van der Waals surface area contributed by atoms with Gasteiger partial charge in [-0.15, -0.1) is 0 Å². The predicted molar refractivity (Wildman–Crippen MR) is 209 cm³/mol. The highest BCUT2D eigenvalue weighted by atomic mass is 35.5. The number of hydrogen-bond donors (Lipinski definition) is 0. The van der Waals surface area contributed by atoms with Gasteiger partial charge in [0.25, 0.3) is 0 Å². The van der Waals surface area contributed by atoms with E-state index < -0.39 is 0 Å². The zero-order valence-electron chi connectivity index (χ0n) is 28.3. The molecule has 0 spiro atoms. The second-order valence-corrected chi connectivity index (χ2v) is 12.5. The summed E-state index contributed by atoms with van der Waals surface area (Å²) in [5.41, 5.74) is 7.21. The van der Waals surface area contributed by atoms with E-state index in [2.05, 4.69) is 0 Å². The fourth-order valence-corrected chi connectivity index (χ4v) is 5.78. The molecular formula is C44H32Cl2N2O4. The first kappa shape index (κ1) is 34.4. The van der Waals surface area contributed by atoms with Crippen LogP contribution in [0.3, 0.4) is 0 Å². The second-order valence-electron chi connectivity index (χ2n) is 11.6. The SMILES string of the molecule is COc1ccc(-c2nc(-c3ccccc3)oc2-c2ccc(Cl)cc2)cc1.COc1ccc(-c2nc(-c3ccccc3)oc2-c2ccc(Cl)cc2)cc1. The van der Waals surface area contributed by atoms with Gasteiger partial charge in [0.2, 0.25) is 11.8 Å². The highest BCUT2D eigenvalue weighted by Gasteiger charge is 2.19. The van der Waals surface area contributed by atoms with E-state index in [0.29, 0.717) is 33.3 Å². The third kappa shape index (κ3) is 7.79. The summed E-state index contributed by atoms with van der Waals surface area (Å²) in [7, 11) is 3.30. The quantitative estimate of drug-likeness (QED) is 0.155. The monoisotopic (exact) mass is 722 g/mol. The molecule has 52 heavy (non-hydrogen) atoms. The van der Waals surface area contributed by atoms with Crippen molar-refractivity contribution in [2.75, 3.05) is 14.2 Å². The van der Waals surface area contributed by atoms with Crippen LogP contribution in [0.2, 0.25) is 10.0 Å². The Bertz CT molecular complexity index is 2180. The third-order valence-electron chi connectivity index (χ3n) is 8.24. The van der Waals surface area contributed by atoms with Crippen molar-refractivity contribution in [1.29, 1.82) is 0 Å². The van der Waals surface area contributed by atoms with E-state index in [1.54, 1.807) is 14.2 Å². The molecule has 6 nitrogen and oxygen atoms in total. The van der Waals surface area contributed by atoms with Gasteiger partial charge in [-0.3, -0.25) is 0 Å². The Morgan fingerprint density at radius 2 is 0.712 bits per heavy atom. The van der Waals surface area contributed by atoms with Crippen molar-refractivity contribution in [3.63, 3.8) is 0 Å². The Kier molecular flexibility index (Phi) is 10.5. The molecule has 0 saturated heterocycles. The van der Waals surface area contributed by atoms with Gasteiger partial charge in [-0.1, -0.05) is 59.6 Å². The molecule has 0 aliphatic carbocycles. The number of aromatic nitrogens is 2. The average Bonchev–Trinajstić information content (AvgIpc) is 3.86. The van der Waals surface area contributed by atoms with Crippen molar-refractivity contribution < 1.29 is 18.3 Å². The van der Waals surface area contributed by atoms with Crippen molar-refractivity contribution in [2.24, 2.45) is 0 Å². The number of nitrogens with zero attached hydrogens (tertiary/aromatic N) is 2. The number of benzene rings is 6. The molecule has 0 N–H and O–H groups in total. The lowest BCUT2D eigenvalue weighted by molar-refractivity contribution is 0.415. The molecule has 8 rings (SSSR count). The molecule has 0 fully saturated rings. The van der Waals surface area contributed by atoms with Crippen molar-refractivity contribution in [1.82, 2.24) is 9.97 Å². The first-order valence-corrected chi connectivity index (χ1v) is 17.2. The summed E-state index contributed by atoms with van der Waals surface area (Å²) in [6.07, 6.45) is 0. The van der Waals surface area contributed by atoms with Gasteiger partial charge in [-0.25, -0.2) is 9.97 Å². The van der Waals surface area contributed by atoms with Crippen LogP contribution in [-0.4, -0.2) is 24.2 Å². The van der Waals surface area contributed by atoms with Crippen molar-refractivity contribution >= 4 is 23.2 Å². The van der Waals surface area contributed by atoms with E-state index >= 15 is 0 Å². The smallest absolute Gasteiger partial charge is 0.227 e. The Morgan fingerprint density at radius 1 is 0.385 bits per heavy atom. The first-order chi connectivity index (χ1) is 25.5. The number of rotatable bonds is 8. The molecule has 2 heterocycles. The van der Waals surface area contributed by atoms with Crippen molar-refractivity contribution in [2.45, 2.75) is 0 Å². The molecule has 0 amide bonds. The van der Waals surface area contributed by atoms with Crippen LogP contribution >= 0.6 is 23.2 Å². The molecular weight excluding hydrogens is 691 g/mol. The molecule has 0 radical (unpaired) electrons. The van der Waals surface area contributed by atoms with Gasteiger partial charge in [0, 0.05) is 43.4 Å². The summed E-state index contributed by atoms with van der Waals surface area (Å²) < 4.78 is 22.8. The lowest BCUT2D eigenvalue weighted by atomic mass is 10.1. The summed E-state index contributed by atoms with van der Waals surface area (Å²) in [5, 5.41) is 1.37. The minimum Gasteiger partial charge on any atom is -0.497 e. The average molecular weight is 724 g/mol. The van der Waals surface area contributed by atoms with Gasteiger partial charge in [-0.2, -0.15) is 0 Å². The van der Waals surface area contributed by atoms with Crippen LogP contribution in [0.25, 0.3) is 68.1 Å². The topological polar surface area (TPSA) is 70.5 Å². The lowest BCUT2D eigenvalue weighted by Crippen LogP contribution is -1.85. The maximum atomic E-state index is 6.15. The fraction of sp³-hybridized carbons (Fsp3) is 0.0455. The van der Waals surface area contributed by atoms with E-state index in [9.17, 15) is 0 Å². The van der Waals surface area contributed by atoms with Crippen LogP contribution in [0.15, 0.2) is 167 Å². The van der Waals surface area contributed by atoms with Gasteiger partial charge in [0.05, 0.1) is 14.2 Å². The molecule has 0 atom stereocenters. The van der Waals surface area contributed by atoms with Crippen LogP contribution in [0.4, 0.5) is 0 Å². The Labute approximate surface area is 311 Å². The molecule has 8 heteroatoms. The predicted octanol–water partition coefficient (Wildman–Crippen LogP) is 12.7. The standard InChI is InChI=1S/2C22H16ClNO2/c2*1-25-19-13-9-15(10-14-19)20-21(16-7-11-18(23)12-8-16)26-22(24-20)17-5-3-2-4-6-17/h2*2-14H,1H3. The summed E-state index contributed by atoms with van der Waals surface area (Å²) in [6, 6.07) is 50.4. The van der Waals surface area contributed by atoms with Gasteiger partial charge in [-0.05, 0) is 121 Å². The van der Waals surface area contributed by atoms with Crippen LogP contribution in [0, 0.1) is 0 Å². The molecule has 0 bridgehead atoms. The Balaban J connectivity index is 0.000000162.